The summed E-state index contributed by atoms with van der Waals surface area (Å²) < 4.78 is 80.7. The summed E-state index contributed by atoms with van der Waals surface area (Å²) in [6, 6.07) is -2.41. The van der Waals surface area contributed by atoms with Crippen LogP contribution in [0, 0.1) is 11.7 Å². The molecule has 0 saturated heterocycles. The molecule has 8 nitrogen and oxygen atoms in total. The van der Waals surface area contributed by atoms with Gasteiger partial charge in [0.15, 0.2) is 9.84 Å². The predicted molar refractivity (Wildman–Crippen MR) is 127 cm³/mol. The summed E-state index contributed by atoms with van der Waals surface area (Å²) in [5.74, 6) is -5.10. The Kier molecular flexibility index (Phi) is 9.32. The van der Waals surface area contributed by atoms with Crippen molar-refractivity contribution in [3.8, 4) is 0 Å². The van der Waals surface area contributed by atoms with E-state index in [0.29, 0.717) is 19.3 Å². The number of carbonyl (C=O) groups excluding carboxylic acids is 3. The van der Waals surface area contributed by atoms with Crippen LogP contribution in [0.4, 0.5) is 17.6 Å². The molecular formula is C24H31F4N3O5S. The third kappa shape index (κ3) is 9.06. The van der Waals surface area contributed by atoms with E-state index in [9.17, 15) is 40.4 Å². The molecule has 3 atom stereocenters. The van der Waals surface area contributed by atoms with E-state index in [2.05, 4.69) is 16.0 Å². The molecule has 2 aliphatic rings. The fourth-order valence-corrected chi connectivity index (χ4v) is 5.82. The lowest BCUT2D eigenvalue weighted by Gasteiger charge is -2.28. The van der Waals surface area contributed by atoms with Crippen molar-refractivity contribution < 1.29 is 40.4 Å². The number of ketones is 1. The average Bonchev–Trinajstić information content (AvgIpc) is 3.73. The van der Waals surface area contributed by atoms with Crippen molar-refractivity contribution in [2.75, 3.05) is 11.5 Å². The van der Waals surface area contributed by atoms with E-state index >= 15 is 0 Å². The van der Waals surface area contributed by atoms with Crippen LogP contribution in [0.3, 0.4) is 0 Å². The van der Waals surface area contributed by atoms with Crippen LogP contribution < -0.4 is 16.0 Å². The monoisotopic (exact) mass is 549 g/mol. The minimum atomic E-state index is -4.96. The number of carbonyl (C=O) groups is 3. The van der Waals surface area contributed by atoms with E-state index in [4.69, 9.17) is 0 Å². The summed E-state index contributed by atoms with van der Waals surface area (Å²) in [6.07, 6.45) is -1.77. The van der Waals surface area contributed by atoms with Gasteiger partial charge in [-0.15, -0.1) is 0 Å². The third-order valence-corrected chi connectivity index (χ3v) is 7.99. The van der Waals surface area contributed by atoms with Crippen molar-refractivity contribution in [3.05, 3.63) is 35.6 Å². The number of rotatable bonds is 14. The topological polar surface area (TPSA) is 121 Å². The Morgan fingerprint density at radius 2 is 1.65 bits per heavy atom. The smallest absolute Gasteiger partial charge is 0.347 e. The summed E-state index contributed by atoms with van der Waals surface area (Å²) in [5.41, 5.74) is -0.420. The summed E-state index contributed by atoms with van der Waals surface area (Å²) in [4.78, 5) is 38.1. The van der Waals surface area contributed by atoms with Gasteiger partial charge in [0, 0.05) is 6.04 Å². The van der Waals surface area contributed by atoms with Crippen molar-refractivity contribution in [3.63, 3.8) is 0 Å². The van der Waals surface area contributed by atoms with Gasteiger partial charge in [-0.3, -0.25) is 19.7 Å². The van der Waals surface area contributed by atoms with Crippen LogP contribution in [-0.2, 0) is 24.2 Å². The molecular weight excluding hydrogens is 518 g/mol. The Labute approximate surface area is 212 Å². The Morgan fingerprint density at radius 1 is 1.03 bits per heavy atom. The molecule has 0 aromatic heterocycles. The van der Waals surface area contributed by atoms with Crippen LogP contribution in [0.2, 0.25) is 0 Å². The maximum atomic E-state index is 14.0. The molecule has 3 rings (SSSR count). The highest BCUT2D eigenvalue weighted by molar-refractivity contribution is 7.91. The second-order valence-corrected chi connectivity index (χ2v) is 11.9. The standard InChI is InChI=1S/C24H31F4N3O5S/c1-2-3-18(20(32)23(34)29-17-10-11-17)31-22(33)19(13-37(35,36)12-14-4-5-14)30-21(24(26,27)28)15-6-8-16(25)9-7-15/h6-9,14,17-19,21,30H,2-5,10-13H2,1H3,(H,29,34)(H,31,33)/t18-,19-,21-/m0/s1. The Balaban J connectivity index is 1.84. The minimum Gasteiger partial charge on any atom is -0.347 e. The lowest BCUT2D eigenvalue weighted by Crippen LogP contribution is -2.56. The van der Waals surface area contributed by atoms with Crippen molar-refractivity contribution in [2.24, 2.45) is 5.92 Å². The first-order valence-electron chi connectivity index (χ1n) is 12.2. The van der Waals surface area contributed by atoms with Gasteiger partial charge in [-0.2, -0.15) is 13.2 Å². The normalized spacial score (nSPS) is 18.5. The second kappa shape index (κ2) is 11.9. The number of hydrogen-bond donors (Lipinski definition) is 3. The molecule has 1 aromatic carbocycles. The third-order valence-electron chi connectivity index (χ3n) is 6.17. The molecule has 0 aliphatic heterocycles. The molecule has 2 fully saturated rings. The highest BCUT2D eigenvalue weighted by atomic mass is 32.2. The maximum absolute atomic E-state index is 14.0. The minimum absolute atomic E-state index is 0.0326. The molecule has 0 unspecified atom stereocenters. The van der Waals surface area contributed by atoms with Gasteiger partial charge in [0.25, 0.3) is 5.91 Å². The molecule has 2 saturated carbocycles. The first kappa shape index (κ1) is 29.0. The van der Waals surface area contributed by atoms with Gasteiger partial charge in [0.1, 0.15) is 17.9 Å². The lowest BCUT2D eigenvalue weighted by molar-refractivity contribution is -0.160. The quantitative estimate of drug-likeness (QED) is 0.242. The van der Waals surface area contributed by atoms with Gasteiger partial charge < -0.3 is 10.6 Å². The largest absolute Gasteiger partial charge is 0.407 e. The Bertz CT molecular complexity index is 1090. The highest BCUT2D eigenvalue weighted by Gasteiger charge is 2.44. The van der Waals surface area contributed by atoms with Crippen LogP contribution in [0.25, 0.3) is 0 Å². The van der Waals surface area contributed by atoms with Gasteiger partial charge in [0.2, 0.25) is 11.7 Å². The van der Waals surface area contributed by atoms with Gasteiger partial charge in [-0.05, 0) is 55.7 Å². The Hall–Kier alpha value is -2.54. The predicted octanol–water partition coefficient (Wildman–Crippen LogP) is 2.34. The van der Waals surface area contributed by atoms with E-state index in [0.717, 1.165) is 37.1 Å². The lowest BCUT2D eigenvalue weighted by atomic mass is 10.0. The van der Waals surface area contributed by atoms with Crippen molar-refractivity contribution in [2.45, 2.75) is 75.8 Å². The van der Waals surface area contributed by atoms with Crippen LogP contribution in [-0.4, -0.2) is 61.8 Å². The van der Waals surface area contributed by atoms with Crippen LogP contribution in [0.5, 0.6) is 0 Å². The van der Waals surface area contributed by atoms with E-state index in [1.807, 2.05) is 0 Å². The number of nitrogens with one attached hydrogen (secondary N) is 3. The molecule has 2 aliphatic carbocycles. The number of hydrogen-bond acceptors (Lipinski definition) is 6. The van der Waals surface area contributed by atoms with E-state index in [1.165, 1.54) is 0 Å². The van der Waals surface area contributed by atoms with Gasteiger partial charge in [-0.1, -0.05) is 25.5 Å². The zero-order valence-electron chi connectivity index (χ0n) is 20.3. The summed E-state index contributed by atoms with van der Waals surface area (Å²) in [7, 11) is -3.95. The van der Waals surface area contributed by atoms with Crippen LogP contribution in [0.1, 0.15) is 57.1 Å². The molecule has 0 heterocycles. The number of halogens is 4. The first-order valence-corrected chi connectivity index (χ1v) is 14.0. The Morgan fingerprint density at radius 3 is 2.16 bits per heavy atom. The summed E-state index contributed by atoms with van der Waals surface area (Å²) in [5, 5.41) is 6.89. The van der Waals surface area contributed by atoms with Crippen molar-refractivity contribution in [1.29, 1.82) is 0 Å². The first-order chi connectivity index (χ1) is 17.3. The molecule has 37 heavy (non-hydrogen) atoms. The molecule has 0 radical (unpaired) electrons. The van der Waals surface area contributed by atoms with E-state index in [1.54, 1.807) is 6.92 Å². The molecule has 1 aromatic rings. The number of alkyl halides is 3. The molecule has 2 amide bonds. The maximum Gasteiger partial charge on any atom is 0.407 e. The van der Waals surface area contributed by atoms with Crippen molar-refractivity contribution in [1.82, 2.24) is 16.0 Å². The number of sulfone groups is 1. The SMILES string of the molecule is CCC[C@H](NC(=O)[C@H](CS(=O)(=O)CC1CC1)N[C@@H](c1ccc(F)cc1)C(F)(F)F)C(=O)C(=O)NC1CC1. The molecule has 0 spiro atoms. The molecule has 0 bridgehead atoms. The fourth-order valence-electron chi connectivity index (χ4n) is 3.87. The second-order valence-electron chi connectivity index (χ2n) is 9.73. The number of Topliss-reactive ketones (excluding diaryl/α,β-unsaturated/α-hetero) is 1. The van der Waals surface area contributed by atoms with Gasteiger partial charge >= 0.3 is 6.18 Å². The fraction of sp³-hybridized carbons (Fsp3) is 0.625. The molecule has 13 heteroatoms. The highest BCUT2D eigenvalue weighted by Crippen LogP contribution is 2.34. The van der Waals surface area contributed by atoms with E-state index in [-0.39, 0.29) is 24.1 Å². The molecule has 206 valence electrons. The van der Waals surface area contributed by atoms with Gasteiger partial charge in [0.05, 0.1) is 17.5 Å². The zero-order chi connectivity index (χ0) is 27.4. The average molecular weight is 550 g/mol. The number of benzene rings is 1. The van der Waals surface area contributed by atoms with Gasteiger partial charge in [-0.25, -0.2) is 12.8 Å². The zero-order valence-corrected chi connectivity index (χ0v) is 21.1. The van der Waals surface area contributed by atoms with Crippen LogP contribution in [0.15, 0.2) is 24.3 Å². The van der Waals surface area contributed by atoms with Crippen molar-refractivity contribution >= 4 is 27.4 Å². The molecule has 3 N–H and O–H groups in total. The van der Waals surface area contributed by atoms with E-state index < -0.39 is 68.9 Å². The summed E-state index contributed by atoms with van der Waals surface area (Å²) in [6.45, 7) is 1.69. The number of amides is 2. The summed E-state index contributed by atoms with van der Waals surface area (Å²) >= 11 is 0. The van der Waals surface area contributed by atoms with Crippen LogP contribution >= 0.6 is 0 Å².